The van der Waals surface area contributed by atoms with Gasteiger partial charge >= 0.3 is 0 Å². The van der Waals surface area contributed by atoms with Crippen LogP contribution in [0.4, 0.5) is 5.69 Å². The molecule has 2 rings (SSSR count). The number of hydrogen-bond acceptors (Lipinski definition) is 3. The van der Waals surface area contributed by atoms with E-state index in [1.54, 1.807) is 10.6 Å². The maximum atomic E-state index is 11.7. The molecular weight excluding hydrogens is 252 g/mol. The van der Waals surface area contributed by atoms with Crippen LogP contribution in [-0.4, -0.2) is 23.3 Å². The highest BCUT2D eigenvalue weighted by Crippen LogP contribution is 2.44. The number of pyridine rings is 1. The second-order valence-corrected chi connectivity index (χ2v) is 6.15. The first kappa shape index (κ1) is 15.1. The number of nitrogens with zero attached hydrogens (tertiary/aromatic N) is 1. The van der Waals surface area contributed by atoms with E-state index in [1.165, 1.54) is 0 Å². The van der Waals surface area contributed by atoms with Crippen molar-refractivity contribution in [2.24, 2.45) is 5.41 Å². The highest BCUT2D eigenvalue weighted by molar-refractivity contribution is 5.43. The van der Waals surface area contributed by atoms with E-state index < -0.39 is 0 Å². The standard InChI is InChI=1S/C16H26N2O2/c1-5-9-18-11-12(7-8-15(18)19)17-13-10-14(20-6-2)16(13,3)4/h7-8,11,13-14,17H,5-6,9-10H2,1-4H3. The van der Waals surface area contributed by atoms with Crippen molar-refractivity contribution in [2.75, 3.05) is 11.9 Å². The Bertz CT molecular complexity index is 507. The van der Waals surface area contributed by atoms with Gasteiger partial charge in [-0.05, 0) is 25.8 Å². The Morgan fingerprint density at radius 3 is 2.75 bits per heavy atom. The summed E-state index contributed by atoms with van der Waals surface area (Å²) in [6.45, 7) is 10.1. The van der Waals surface area contributed by atoms with E-state index in [9.17, 15) is 4.79 Å². The van der Waals surface area contributed by atoms with E-state index in [0.717, 1.165) is 31.7 Å². The van der Waals surface area contributed by atoms with Gasteiger partial charge in [-0.25, -0.2) is 0 Å². The topological polar surface area (TPSA) is 43.3 Å². The summed E-state index contributed by atoms with van der Waals surface area (Å²) in [4.78, 5) is 11.7. The normalized spacial score (nSPS) is 24.2. The Kier molecular flexibility index (Phi) is 4.53. The molecule has 20 heavy (non-hydrogen) atoms. The molecule has 0 amide bonds. The van der Waals surface area contributed by atoms with Gasteiger partial charge in [0.15, 0.2) is 0 Å². The van der Waals surface area contributed by atoms with Gasteiger partial charge in [0.2, 0.25) is 0 Å². The third-order valence-corrected chi connectivity index (χ3v) is 4.33. The number of aromatic nitrogens is 1. The van der Waals surface area contributed by atoms with Crippen LogP contribution in [0.15, 0.2) is 23.1 Å². The Morgan fingerprint density at radius 1 is 1.40 bits per heavy atom. The third-order valence-electron chi connectivity index (χ3n) is 4.33. The molecule has 4 nitrogen and oxygen atoms in total. The molecule has 0 saturated heterocycles. The summed E-state index contributed by atoms with van der Waals surface area (Å²) in [5.74, 6) is 0. The fourth-order valence-electron chi connectivity index (χ4n) is 2.85. The summed E-state index contributed by atoms with van der Waals surface area (Å²) in [6, 6.07) is 3.91. The van der Waals surface area contributed by atoms with E-state index >= 15 is 0 Å². The minimum Gasteiger partial charge on any atom is -0.380 e. The average Bonchev–Trinajstić information content (AvgIpc) is 2.41. The molecule has 2 unspecified atom stereocenters. The summed E-state index contributed by atoms with van der Waals surface area (Å²) >= 11 is 0. The van der Waals surface area contributed by atoms with Gasteiger partial charge in [0.1, 0.15) is 0 Å². The van der Waals surface area contributed by atoms with Crippen molar-refractivity contribution in [1.82, 2.24) is 4.57 Å². The van der Waals surface area contributed by atoms with Crippen LogP contribution in [-0.2, 0) is 11.3 Å². The molecule has 0 spiro atoms. The smallest absolute Gasteiger partial charge is 0.250 e. The lowest BCUT2D eigenvalue weighted by Crippen LogP contribution is -2.58. The van der Waals surface area contributed by atoms with Crippen LogP contribution in [0.1, 0.15) is 40.5 Å². The van der Waals surface area contributed by atoms with Crippen LogP contribution in [0.3, 0.4) is 0 Å². The molecule has 0 bridgehead atoms. The molecule has 0 aromatic carbocycles. The van der Waals surface area contributed by atoms with Gasteiger partial charge in [-0.1, -0.05) is 20.8 Å². The zero-order valence-corrected chi connectivity index (χ0v) is 13.0. The Balaban J connectivity index is 2.05. The van der Waals surface area contributed by atoms with E-state index in [4.69, 9.17) is 4.74 Å². The van der Waals surface area contributed by atoms with Crippen LogP contribution in [0.2, 0.25) is 0 Å². The predicted octanol–water partition coefficient (Wildman–Crippen LogP) is 2.87. The summed E-state index contributed by atoms with van der Waals surface area (Å²) in [5.41, 5.74) is 1.21. The van der Waals surface area contributed by atoms with E-state index in [2.05, 4.69) is 26.1 Å². The maximum absolute atomic E-state index is 11.7. The fourth-order valence-corrected chi connectivity index (χ4v) is 2.85. The third kappa shape index (κ3) is 2.90. The predicted molar refractivity (Wildman–Crippen MR) is 82.2 cm³/mol. The molecule has 4 heteroatoms. The average molecular weight is 278 g/mol. The minimum absolute atomic E-state index is 0.0671. The molecule has 0 aliphatic heterocycles. The summed E-state index contributed by atoms with van der Waals surface area (Å²) in [6.07, 6.45) is 4.24. The van der Waals surface area contributed by atoms with Crippen LogP contribution >= 0.6 is 0 Å². The number of hydrogen-bond donors (Lipinski definition) is 1. The molecule has 1 aliphatic rings. The number of aryl methyl sites for hydroxylation is 1. The molecule has 1 N–H and O–H groups in total. The minimum atomic E-state index is 0.0671. The lowest BCUT2D eigenvalue weighted by atomic mass is 9.64. The molecule has 1 aromatic rings. The van der Waals surface area contributed by atoms with Crippen molar-refractivity contribution in [3.05, 3.63) is 28.7 Å². The number of ether oxygens (including phenoxy) is 1. The molecule has 1 aliphatic carbocycles. The second-order valence-electron chi connectivity index (χ2n) is 6.15. The van der Waals surface area contributed by atoms with Crippen LogP contribution < -0.4 is 10.9 Å². The van der Waals surface area contributed by atoms with Crippen LogP contribution in [0.25, 0.3) is 0 Å². The van der Waals surface area contributed by atoms with E-state index in [1.807, 2.05) is 19.2 Å². The molecule has 0 radical (unpaired) electrons. The summed E-state index contributed by atoms with van der Waals surface area (Å²) in [5, 5.41) is 3.54. The van der Waals surface area contributed by atoms with Crippen molar-refractivity contribution in [3.63, 3.8) is 0 Å². The number of rotatable bonds is 6. The Morgan fingerprint density at radius 2 is 2.15 bits per heavy atom. The Labute approximate surface area is 121 Å². The van der Waals surface area contributed by atoms with Crippen molar-refractivity contribution in [2.45, 2.75) is 59.2 Å². The summed E-state index contributed by atoms with van der Waals surface area (Å²) in [7, 11) is 0. The fraction of sp³-hybridized carbons (Fsp3) is 0.688. The van der Waals surface area contributed by atoms with E-state index in [-0.39, 0.29) is 11.0 Å². The van der Waals surface area contributed by atoms with Gasteiger partial charge in [-0.3, -0.25) is 4.79 Å². The van der Waals surface area contributed by atoms with Gasteiger partial charge in [0.05, 0.1) is 11.8 Å². The molecule has 1 aromatic heterocycles. The van der Waals surface area contributed by atoms with Gasteiger partial charge in [0, 0.05) is 36.9 Å². The van der Waals surface area contributed by atoms with Crippen LogP contribution in [0, 0.1) is 5.41 Å². The SMILES string of the molecule is CCCn1cc(NC2CC(OCC)C2(C)C)ccc1=O. The number of anilines is 1. The maximum Gasteiger partial charge on any atom is 0.250 e. The monoisotopic (exact) mass is 278 g/mol. The lowest BCUT2D eigenvalue weighted by Gasteiger charge is -2.52. The van der Waals surface area contributed by atoms with Gasteiger partial charge in [-0.2, -0.15) is 0 Å². The highest BCUT2D eigenvalue weighted by Gasteiger charge is 2.48. The molecule has 2 atom stereocenters. The van der Waals surface area contributed by atoms with Crippen molar-refractivity contribution in [1.29, 1.82) is 0 Å². The zero-order chi connectivity index (χ0) is 14.8. The van der Waals surface area contributed by atoms with Crippen LogP contribution in [0.5, 0.6) is 0 Å². The quantitative estimate of drug-likeness (QED) is 0.870. The largest absolute Gasteiger partial charge is 0.380 e. The molecule has 1 heterocycles. The zero-order valence-electron chi connectivity index (χ0n) is 13.0. The molecule has 1 saturated carbocycles. The molecule has 112 valence electrons. The van der Waals surface area contributed by atoms with Crippen molar-refractivity contribution < 1.29 is 4.74 Å². The first-order valence-corrected chi connectivity index (χ1v) is 7.57. The van der Waals surface area contributed by atoms with E-state index in [0.29, 0.717) is 12.1 Å². The van der Waals surface area contributed by atoms with Gasteiger partial charge in [-0.15, -0.1) is 0 Å². The first-order valence-electron chi connectivity index (χ1n) is 7.57. The van der Waals surface area contributed by atoms with Crippen molar-refractivity contribution in [3.8, 4) is 0 Å². The first-order chi connectivity index (χ1) is 9.48. The molecular formula is C16H26N2O2. The highest BCUT2D eigenvalue weighted by atomic mass is 16.5. The summed E-state index contributed by atoms with van der Waals surface area (Å²) < 4.78 is 7.52. The molecule has 1 fully saturated rings. The lowest BCUT2D eigenvalue weighted by molar-refractivity contribution is -0.0976. The second kappa shape index (κ2) is 6.00. The van der Waals surface area contributed by atoms with Gasteiger partial charge in [0.25, 0.3) is 5.56 Å². The number of nitrogens with one attached hydrogen (secondary N) is 1. The Hall–Kier alpha value is -1.29. The van der Waals surface area contributed by atoms with Gasteiger partial charge < -0.3 is 14.6 Å². The van der Waals surface area contributed by atoms with Crippen molar-refractivity contribution >= 4 is 5.69 Å².